The first-order chi connectivity index (χ1) is 10.5. The van der Waals surface area contributed by atoms with Crippen LogP contribution < -0.4 is 10.6 Å². The third kappa shape index (κ3) is 4.59. The lowest BCUT2D eigenvalue weighted by Crippen LogP contribution is -2.51. The summed E-state index contributed by atoms with van der Waals surface area (Å²) >= 11 is 0. The summed E-state index contributed by atoms with van der Waals surface area (Å²) in [4.78, 5) is 25.2. The normalized spacial score (nSPS) is 19.8. The number of nitrogens with one attached hydrogen (secondary N) is 2. The van der Waals surface area contributed by atoms with Crippen LogP contribution in [0.5, 0.6) is 0 Å². The molecule has 0 aromatic carbocycles. The molecule has 2 heterocycles. The predicted octanol–water partition coefficient (Wildman–Crippen LogP) is 1.37. The van der Waals surface area contributed by atoms with E-state index in [4.69, 9.17) is 4.42 Å². The van der Waals surface area contributed by atoms with Crippen molar-refractivity contribution >= 4 is 11.8 Å². The summed E-state index contributed by atoms with van der Waals surface area (Å²) in [7, 11) is 0. The number of nitrogens with zero attached hydrogens (tertiary/aromatic N) is 1. The first-order valence-electron chi connectivity index (χ1n) is 7.80. The van der Waals surface area contributed by atoms with Gasteiger partial charge >= 0.3 is 0 Å². The van der Waals surface area contributed by atoms with Crippen molar-refractivity contribution < 1.29 is 14.0 Å². The Labute approximate surface area is 131 Å². The molecule has 2 atom stereocenters. The minimum absolute atomic E-state index is 0.00594. The predicted molar refractivity (Wildman–Crippen MR) is 83.3 cm³/mol. The Morgan fingerprint density at radius 2 is 2.23 bits per heavy atom. The Morgan fingerprint density at radius 1 is 1.45 bits per heavy atom. The van der Waals surface area contributed by atoms with Gasteiger partial charge in [-0.15, -0.1) is 0 Å². The highest BCUT2D eigenvalue weighted by molar-refractivity contribution is 5.78. The van der Waals surface area contributed by atoms with Gasteiger partial charge in [0.05, 0.1) is 12.6 Å². The first-order valence-corrected chi connectivity index (χ1v) is 7.80. The van der Waals surface area contributed by atoms with Crippen molar-refractivity contribution in [2.45, 2.75) is 45.7 Å². The van der Waals surface area contributed by atoms with Crippen molar-refractivity contribution in [1.29, 1.82) is 0 Å². The van der Waals surface area contributed by atoms with Crippen LogP contribution in [0.1, 0.15) is 44.3 Å². The molecule has 0 bridgehead atoms. The largest absolute Gasteiger partial charge is 0.465 e. The van der Waals surface area contributed by atoms with Gasteiger partial charge in [-0.05, 0) is 38.8 Å². The summed E-state index contributed by atoms with van der Waals surface area (Å²) < 4.78 is 5.55. The van der Waals surface area contributed by atoms with Gasteiger partial charge in [-0.3, -0.25) is 14.9 Å². The summed E-state index contributed by atoms with van der Waals surface area (Å²) in [5.74, 6) is 1.72. The highest BCUT2D eigenvalue weighted by Crippen LogP contribution is 2.15. The lowest BCUT2D eigenvalue weighted by atomic mass is 10.1. The highest BCUT2D eigenvalue weighted by Gasteiger charge is 2.24. The molecule has 122 valence electrons. The zero-order chi connectivity index (χ0) is 16.1. The summed E-state index contributed by atoms with van der Waals surface area (Å²) in [6.45, 7) is 7.00. The van der Waals surface area contributed by atoms with Crippen LogP contribution in [0.3, 0.4) is 0 Å². The van der Waals surface area contributed by atoms with Gasteiger partial charge in [0, 0.05) is 26.1 Å². The molecule has 2 amide bonds. The molecule has 1 aromatic rings. The summed E-state index contributed by atoms with van der Waals surface area (Å²) in [6, 6.07) is 3.90. The third-order valence-electron chi connectivity index (χ3n) is 3.93. The first kappa shape index (κ1) is 16.5. The fraction of sp³-hybridized carbons (Fsp3) is 0.625. The van der Waals surface area contributed by atoms with E-state index in [0.29, 0.717) is 6.54 Å². The minimum atomic E-state index is -0.0424. The standard InChI is InChI=1S/C16H25N3O3/c1-11-6-7-15(22-11)12(2)17-9-16(21)19-8-4-5-14(10-19)18-13(3)20/h6-7,12,14,17H,4-5,8-10H2,1-3H3,(H,18,20)/t12-,14+/m1/s1. The Bertz CT molecular complexity index is 526. The smallest absolute Gasteiger partial charge is 0.236 e. The second kappa shape index (κ2) is 7.45. The second-order valence-electron chi connectivity index (χ2n) is 5.93. The highest BCUT2D eigenvalue weighted by atomic mass is 16.3. The van der Waals surface area contributed by atoms with Crippen LogP contribution >= 0.6 is 0 Å². The van der Waals surface area contributed by atoms with Crippen LogP contribution in [-0.2, 0) is 9.59 Å². The van der Waals surface area contributed by atoms with Crippen LogP contribution in [0.4, 0.5) is 0 Å². The second-order valence-corrected chi connectivity index (χ2v) is 5.93. The number of rotatable bonds is 5. The zero-order valence-corrected chi connectivity index (χ0v) is 13.5. The Morgan fingerprint density at radius 3 is 2.86 bits per heavy atom. The van der Waals surface area contributed by atoms with Gasteiger partial charge in [0.1, 0.15) is 11.5 Å². The van der Waals surface area contributed by atoms with Crippen LogP contribution in [0.25, 0.3) is 0 Å². The molecule has 2 N–H and O–H groups in total. The third-order valence-corrected chi connectivity index (χ3v) is 3.93. The van der Waals surface area contributed by atoms with E-state index in [0.717, 1.165) is 30.9 Å². The monoisotopic (exact) mass is 307 g/mol. The Balaban J connectivity index is 1.80. The lowest BCUT2D eigenvalue weighted by molar-refractivity contribution is -0.132. The number of hydrogen-bond acceptors (Lipinski definition) is 4. The van der Waals surface area contributed by atoms with Crippen molar-refractivity contribution in [3.05, 3.63) is 23.7 Å². The molecular weight excluding hydrogens is 282 g/mol. The molecular formula is C16H25N3O3. The van der Waals surface area contributed by atoms with Gasteiger partial charge in [-0.1, -0.05) is 0 Å². The molecule has 0 radical (unpaired) electrons. The summed E-state index contributed by atoms with van der Waals surface area (Å²) in [5.41, 5.74) is 0. The van der Waals surface area contributed by atoms with Crippen molar-refractivity contribution in [1.82, 2.24) is 15.5 Å². The van der Waals surface area contributed by atoms with Crippen LogP contribution in [-0.4, -0.2) is 42.4 Å². The van der Waals surface area contributed by atoms with Crippen molar-refractivity contribution in [2.75, 3.05) is 19.6 Å². The number of furan rings is 1. The van der Waals surface area contributed by atoms with Crippen molar-refractivity contribution in [3.63, 3.8) is 0 Å². The molecule has 22 heavy (non-hydrogen) atoms. The molecule has 1 aliphatic rings. The van der Waals surface area contributed by atoms with Gasteiger partial charge in [-0.2, -0.15) is 0 Å². The van der Waals surface area contributed by atoms with E-state index in [9.17, 15) is 9.59 Å². The van der Waals surface area contributed by atoms with E-state index >= 15 is 0 Å². The zero-order valence-electron chi connectivity index (χ0n) is 13.5. The molecule has 0 unspecified atom stereocenters. The van der Waals surface area contributed by atoms with Gasteiger partial charge < -0.3 is 14.6 Å². The number of amides is 2. The number of piperidine rings is 1. The number of aryl methyl sites for hydroxylation is 1. The van der Waals surface area contributed by atoms with Gasteiger partial charge in [0.2, 0.25) is 11.8 Å². The van der Waals surface area contributed by atoms with Crippen molar-refractivity contribution in [2.24, 2.45) is 0 Å². The Hall–Kier alpha value is -1.82. The summed E-state index contributed by atoms with van der Waals surface area (Å²) in [5, 5.41) is 6.08. The average Bonchev–Trinajstić information content (AvgIpc) is 2.90. The van der Waals surface area contributed by atoms with E-state index in [2.05, 4.69) is 10.6 Å². The molecule has 6 heteroatoms. The van der Waals surface area contributed by atoms with E-state index in [1.54, 1.807) is 0 Å². The maximum Gasteiger partial charge on any atom is 0.236 e. The van der Waals surface area contributed by atoms with E-state index in [1.807, 2.05) is 30.9 Å². The van der Waals surface area contributed by atoms with Crippen LogP contribution in [0.15, 0.2) is 16.5 Å². The topological polar surface area (TPSA) is 74.6 Å². The van der Waals surface area contributed by atoms with Crippen LogP contribution in [0, 0.1) is 6.92 Å². The van der Waals surface area contributed by atoms with Crippen molar-refractivity contribution in [3.8, 4) is 0 Å². The maximum absolute atomic E-state index is 12.3. The van der Waals surface area contributed by atoms with Gasteiger partial charge in [0.15, 0.2) is 0 Å². The lowest BCUT2D eigenvalue weighted by Gasteiger charge is -2.33. The van der Waals surface area contributed by atoms with E-state index in [1.165, 1.54) is 6.92 Å². The van der Waals surface area contributed by atoms with Crippen LogP contribution in [0.2, 0.25) is 0 Å². The number of carbonyl (C=O) groups excluding carboxylic acids is 2. The quantitative estimate of drug-likeness (QED) is 0.861. The minimum Gasteiger partial charge on any atom is -0.465 e. The number of hydrogen-bond donors (Lipinski definition) is 2. The molecule has 0 aliphatic carbocycles. The van der Waals surface area contributed by atoms with Gasteiger partial charge in [-0.25, -0.2) is 0 Å². The molecule has 2 rings (SSSR count). The fourth-order valence-corrected chi connectivity index (χ4v) is 2.75. The van der Waals surface area contributed by atoms with Gasteiger partial charge in [0.25, 0.3) is 0 Å². The molecule has 1 aromatic heterocycles. The number of carbonyl (C=O) groups is 2. The van der Waals surface area contributed by atoms with E-state index < -0.39 is 0 Å². The SMILES string of the molecule is CC(=O)N[C@H]1CCCN(C(=O)CN[C@H](C)c2ccc(C)o2)C1. The molecule has 0 spiro atoms. The number of likely N-dealkylation sites (tertiary alicyclic amines) is 1. The molecule has 6 nitrogen and oxygen atoms in total. The molecule has 1 saturated heterocycles. The fourth-order valence-electron chi connectivity index (χ4n) is 2.75. The average molecular weight is 307 g/mol. The molecule has 0 saturated carbocycles. The molecule has 1 aliphatic heterocycles. The van der Waals surface area contributed by atoms with E-state index in [-0.39, 0.29) is 30.4 Å². The summed E-state index contributed by atoms with van der Waals surface area (Å²) in [6.07, 6.45) is 1.85. The molecule has 1 fully saturated rings. The maximum atomic E-state index is 12.3. The Kier molecular flexibility index (Phi) is 5.60.